The fourth-order valence-electron chi connectivity index (χ4n) is 1.33. The van der Waals surface area contributed by atoms with Crippen molar-refractivity contribution in [2.45, 2.75) is 31.3 Å². The van der Waals surface area contributed by atoms with E-state index in [1.807, 2.05) is 0 Å². The molecule has 0 amide bonds. The summed E-state index contributed by atoms with van der Waals surface area (Å²) in [4.78, 5) is 10.7. The normalized spacial score (nSPS) is 12.8. The van der Waals surface area contributed by atoms with Gasteiger partial charge in [-0.05, 0) is 32.9 Å². The van der Waals surface area contributed by atoms with Crippen molar-refractivity contribution in [2.24, 2.45) is 0 Å². The van der Waals surface area contributed by atoms with Gasteiger partial charge in [0.2, 0.25) is 0 Å². The van der Waals surface area contributed by atoms with Crippen molar-refractivity contribution in [2.75, 3.05) is 0 Å². The molecule has 7 nitrogen and oxygen atoms in total. The van der Waals surface area contributed by atoms with Crippen molar-refractivity contribution < 1.29 is 38.3 Å². The zero-order valence-electron chi connectivity index (χ0n) is 11.7. The van der Waals surface area contributed by atoms with E-state index < -0.39 is 48.5 Å². The Hall–Kier alpha value is -1.75. The number of halogens is 2. The van der Waals surface area contributed by atoms with Crippen molar-refractivity contribution >= 4 is 26.7 Å². The lowest BCUT2D eigenvalue weighted by Gasteiger charge is -2.19. The lowest BCUT2D eigenvalue weighted by Crippen LogP contribution is -2.24. The molecule has 11 heteroatoms. The molecule has 1 aromatic carbocycles. The summed E-state index contributed by atoms with van der Waals surface area (Å²) in [7, 11) is -10.8. The molecule has 0 aliphatic heterocycles. The first-order valence-electron chi connectivity index (χ1n) is 5.64. The van der Waals surface area contributed by atoms with Gasteiger partial charge < -0.3 is 8.92 Å². The van der Waals surface area contributed by atoms with Gasteiger partial charge in [0.1, 0.15) is 16.2 Å². The quantitative estimate of drug-likeness (QED) is 0.598. The summed E-state index contributed by atoms with van der Waals surface area (Å²) in [5.41, 5.74) is -1.47. The van der Waals surface area contributed by atoms with Crippen molar-refractivity contribution in [1.82, 2.24) is 0 Å². The van der Waals surface area contributed by atoms with Crippen LogP contribution in [0.4, 0.5) is 7.77 Å². The summed E-state index contributed by atoms with van der Waals surface area (Å²) in [6.45, 7) is 4.55. The molecule has 0 aliphatic carbocycles. The van der Waals surface area contributed by atoms with Crippen LogP contribution in [-0.2, 0) is 25.5 Å². The summed E-state index contributed by atoms with van der Waals surface area (Å²) in [6.07, 6.45) is 0. The SMILES string of the molecule is CC(C)(C)OC(=O)c1cc(OS(=O)(=O)F)cc(S(=O)(=O)F)c1. The lowest BCUT2D eigenvalue weighted by molar-refractivity contribution is 0.00688. The molecule has 0 atom stereocenters. The first-order valence-corrected chi connectivity index (χ1v) is 8.34. The van der Waals surface area contributed by atoms with E-state index in [9.17, 15) is 29.4 Å². The number of rotatable bonds is 4. The highest BCUT2D eigenvalue weighted by molar-refractivity contribution is 7.86. The van der Waals surface area contributed by atoms with Gasteiger partial charge in [0, 0.05) is 6.07 Å². The van der Waals surface area contributed by atoms with Crippen LogP contribution < -0.4 is 4.18 Å². The van der Waals surface area contributed by atoms with Gasteiger partial charge in [0.05, 0.1) is 5.56 Å². The van der Waals surface area contributed by atoms with Crippen LogP contribution in [0.25, 0.3) is 0 Å². The molecule has 0 N–H and O–H groups in total. The summed E-state index contributed by atoms with van der Waals surface area (Å²) in [5, 5.41) is 0. The molecule has 0 fully saturated rings. The standard InChI is InChI=1S/C11H12F2O7S2/c1-11(2,3)19-10(14)7-4-8(20-22(13,17)18)6-9(5-7)21(12,15)16/h4-6H,1-3H3. The van der Waals surface area contributed by atoms with E-state index in [0.717, 1.165) is 0 Å². The minimum Gasteiger partial charge on any atom is -0.456 e. The molecule has 0 heterocycles. The van der Waals surface area contributed by atoms with Crippen molar-refractivity contribution in [3.63, 3.8) is 0 Å². The lowest BCUT2D eigenvalue weighted by atomic mass is 10.1. The maximum absolute atomic E-state index is 13.0. The van der Waals surface area contributed by atoms with Gasteiger partial charge in [-0.3, -0.25) is 0 Å². The Labute approximate surface area is 126 Å². The third-order valence-electron chi connectivity index (χ3n) is 1.99. The van der Waals surface area contributed by atoms with E-state index in [2.05, 4.69) is 4.18 Å². The predicted octanol–water partition coefficient (Wildman–Crippen LogP) is 1.89. The molecule has 1 aromatic rings. The molecular weight excluding hydrogens is 346 g/mol. The van der Waals surface area contributed by atoms with Crippen LogP contribution >= 0.6 is 0 Å². The van der Waals surface area contributed by atoms with Gasteiger partial charge in [0.15, 0.2) is 0 Å². The number of ether oxygens (including phenoxy) is 1. The van der Waals surface area contributed by atoms with Gasteiger partial charge in [-0.25, -0.2) is 4.79 Å². The smallest absolute Gasteiger partial charge is 0.456 e. The van der Waals surface area contributed by atoms with Gasteiger partial charge in [0.25, 0.3) is 0 Å². The molecule has 0 aliphatic rings. The van der Waals surface area contributed by atoms with E-state index in [1.165, 1.54) is 20.8 Å². The molecule has 22 heavy (non-hydrogen) atoms. The van der Waals surface area contributed by atoms with E-state index in [-0.39, 0.29) is 0 Å². The molecule has 0 saturated carbocycles. The molecule has 0 bridgehead atoms. The molecule has 0 spiro atoms. The molecule has 0 radical (unpaired) electrons. The van der Waals surface area contributed by atoms with Gasteiger partial charge >= 0.3 is 26.7 Å². The Kier molecular flexibility index (Phi) is 4.82. The Morgan fingerprint density at radius 3 is 2.00 bits per heavy atom. The van der Waals surface area contributed by atoms with Crippen LogP contribution in [0.3, 0.4) is 0 Å². The fourth-order valence-corrected chi connectivity index (χ4v) is 2.18. The van der Waals surface area contributed by atoms with Crippen LogP contribution in [0, 0.1) is 0 Å². The van der Waals surface area contributed by atoms with Gasteiger partial charge in [-0.15, -0.1) is 3.89 Å². The molecule has 0 aromatic heterocycles. The number of carbonyl (C=O) groups is 1. The Balaban J connectivity index is 3.39. The predicted molar refractivity (Wildman–Crippen MR) is 70.6 cm³/mol. The zero-order chi connectivity index (χ0) is 17.3. The topological polar surface area (TPSA) is 104 Å². The second kappa shape index (κ2) is 5.80. The van der Waals surface area contributed by atoms with Crippen molar-refractivity contribution in [3.8, 4) is 5.75 Å². The number of benzene rings is 1. The Morgan fingerprint density at radius 1 is 1.05 bits per heavy atom. The molecule has 124 valence electrons. The third kappa shape index (κ3) is 5.93. The van der Waals surface area contributed by atoms with Crippen LogP contribution in [0.5, 0.6) is 5.75 Å². The first kappa shape index (κ1) is 18.3. The second-order valence-corrected chi connectivity index (χ2v) is 7.41. The van der Waals surface area contributed by atoms with Crippen molar-refractivity contribution in [3.05, 3.63) is 23.8 Å². The summed E-state index contributed by atoms with van der Waals surface area (Å²) in [5.74, 6) is -1.96. The van der Waals surface area contributed by atoms with Crippen molar-refractivity contribution in [1.29, 1.82) is 0 Å². The largest absolute Gasteiger partial charge is 0.488 e. The van der Waals surface area contributed by atoms with Crippen LogP contribution in [-0.4, -0.2) is 28.4 Å². The highest BCUT2D eigenvalue weighted by atomic mass is 32.3. The minimum atomic E-state index is -5.49. The Morgan fingerprint density at radius 2 is 1.59 bits per heavy atom. The number of carbonyl (C=O) groups excluding carboxylic acids is 1. The maximum atomic E-state index is 13.0. The molecule has 0 saturated heterocycles. The summed E-state index contributed by atoms with van der Waals surface area (Å²) < 4.78 is 76.9. The minimum absolute atomic E-state index is 0.417. The average molecular weight is 358 g/mol. The van der Waals surface area contributed by atoms with E-state index in [1.54, 1.807) is 0 Å². The highest BCUT2D eigenvalue weighted by Crippen LogP contribution is 2.25. The second-order valence-electron chi connectivity index (χ2n) is 5.11. The van der Waals surface area contributed by atoms with E-state index in [4.69, 9.17) is 4.74 Å². The zero-order valence-corrected chi connectivity index (χ0v) is 13.3. The van der Waals surface area contributed by atoms with Crippen LogP contribution in [0.1, 0.15) is 31.1 Å². The van der Waals surface area contributed by atoms with Crippen LogP contribution in [0.15, 0.2) is 23.1 Å². The monoisotopic (exact) mass is 358 g/mol. The fraction of sp³-hybridized carbons (Fsp3) is 0.364. The number of hydrogen-bond acceptors (Lipinski definition) is 7. The van der Waals surface area contributed by atoms with Crippen LogP contribution in [0.2, 0.25) is 0 Å². The maximum Gasteiger partial charge on any atom is 0.488 e. The molecule has 0 unspecified atom stereocenters. The van der Waals surface area contributed by atoms with E-state index >= 15 is 0 Å². The van der Waals surface area contributed by atoms with Gasteiger partial charge in [-0.2, -0.15) is 16.8 Å². The number of esters is 1. The van der Waals surface area contributed by atoms with E-state index in [0.29, 0.717) is 18.2 Å². The third-order valence-corrected chi connectivity index (χ3v) is 3.18. The van der Waals surface area contributed by atoms with Gasteiger partial charge in [-0.1, -0.05) is 3.89 Å². The highest BCUT2D eigenvalue weighted by Gasteiger charge is 2.23. The first-order chi connectivity index (χ1) is 9.67. The summed E-state index contributed by atoms with van der Waals surface area (Å²) in [6, 6.07) is 1.74. The molecular formula is C11H12F2O7S2. The Bertz CT molecular complexity index is 792. The summed E-state index contributed by atoms with van der Waals surface area (Å²) >= 11 is 0. The molecule has 1 rings (SSSR count). The average Bonchev–Trinajstić information content (AvgIpc) is 2.22. The number of hydrogen-bond donors (Lipinski definition) is 0.